The van der Waals surface area contributed by atoms with Crippen LogP contribution in [0.25, 0.3) is 0 Å². The molecule has 2 heteroatoms. The zero-order valence-corrected chi connectivity index (χ0v) is 13.3. The maximum Gasteiger partial charge on any atom is 0.194 e. The van der Waals surface area contributed by atoms with Crippen LogP contribution in [0.5, 0.6) is 0 Å². The number of carbonyl (C=O) groups is 2. The monoisotopic (exact) mass is 292 g/mol. The second kappa shape index (κ2) is 5.53. The Bertz CT molecular complexity index is 769. The van der Waals surface area contributed by atoms with Gasteiger partial charge in [0.2, 0.25) is 0 Å². The SMILES string of the molecule is CCCc1cc2c(c(C(C)C)c1)C(=O)c1ccccc1C2=O. The van der Waals surface area contributed by atoms with E-state index in [4.69, 9.17) is 0 Å². The first-order valence-electron chi connectivity index (χ1n) is 7.89. The minimum absolute atomic E-state index is 0.0167. The second-order valence-corrected chi connectivity index (χ2v) is 6.22. The first-order valence-corrected chi connectivity index (χ1v) is 7.89. The third-order valence-electron chi connectivity index (χ3n) is 4.28. The van der Waals surface area contributed by atoms with Gasteiger partial charge in [-0.15, -0.1) is 0 Å². The molecule has 0 aliphatic heterocycles. The van der Waals surface area contributed by atoms with Crippen LogP contribution in [0.1, 0.15) is 76.1 Å². The van der Waals surface area contributed by atoms with Gasteiger partial charge in [0.15, 0.2) is 11.6 Å². The third-order valence-corrected chi connectivity index (χ3v) is 4.28. The molecule has 0 atom stereocenters. The van der Waals surface area contributed by atoms with Crippen LogP contribution in [0.2, 0.25) is 0 Å². The van der Waals surface area contributed by atoms with E-state index in [1.165, 1.54) is 0 Å². The molecule has 1 aliphatic rings. The normalized spacial score (nSPS) is 13.3. The molecule has 2 aromatic carbocycles. The molecule has 0 fully saturated rings. The van der Waals surface area contributed by atoms with Crippen molar-refractivity contribution in [2.45, 2.75) is 39.5 Å². The summed E-state index contributed by atoms with van der Waals surface area (Å²) in [6.45, 7) is 6.27. The molecule has 22 heavy (non-hydrogen) atoms. The summed E-state index contributed by atoms with van der Waals surface area (Å²) in [5.41, 5.74) is 4.39. The summed E-state index contributed by atoms with van der Waals surface area (Å²) in [6, 6.07) is 11.2. The second-order valence-electron chi connectivity index (χ2n) is 6.22. The Morgan fingerprint density at radius 1 is 0.909 bits per heavy atom. The van der Waals surface area contributed by atoms with Gasteiger partial charge >= 0.3 is 0 Å². The third kappa shape index (κ3) is 2.19. The van der Waals surface area contributed by atoms with Gasteiger partial charge in [-0.3, -0.25) is 9.59 Å². The number of hydrogen-bond acceptors (Lipinski definition) is 2. The summed E-state index contributed by atoms with van der Waals surface area (Å²) in [5, 5.41) is 0. The molecule has 0 N–H and O–H groups in total. The van der Waals surface area contributed by atoms with Crippen molar-refractivity contribution in [3.63, 3.8) is 0 Å². The lowest BCUT2D eigenvalue weighted by Crippen LogP contribution is -2.23. The maximum absolute atomic E-state index is 12.9. The number of fused-ring (bicyclic) bond motifs is 2. The van der Waals surface area contributed by atoms with Crippen LogP contribution in [0.3, 0.4) is 0 Å². The molecule has 3 rings (SSSR count). The molecular weight excluding hydrogens is 272 g/mol. The van der Waals surface area contributed by atoms with Gasteiger partial charge < -0.3 is 0 Å². The Hall–Kier alpha value is -2.22. The van der Waals surface area contributed by atoms with E-state index in [9.17, 15) is 9.59 Å². The van der Waals surface area contributed by atoms with Crippen LogP contribution in [-0.2, 0) is 6.42 Å². The van der Waals surface area contributed by atoms with Crippen LogP contribution in [0.4, 0.5) is 0 Å². The lowest BCUT2D eigenvalue weighted by Gasteiger charge is -2.23. The van der Waals surface area contributed by atoms with E-state index in [1.807, 2.05) is 18.2 Å². The summed E-state index contributed by atoms with van der Waals surface area (Å²) < 4.78 is 0. The zero-order chi connectivity index (χ0) is 15.9. The predicted octanol–water partition coefficient (Wildman–Crippen LogP) is 4.54. The van der Waals surface area contributed by atoms with Crippen LogP contribution in [0.15, 0.2) is 36.4 Å². The van der Waals surface area contributed by atoms with Gasteiger partial charge in [0.05, 0.1) is 0 Å². The average Bonchev–Trinajstić information content (AvgIpc) is 2.52. The summed E-state index contributed by atoms with van der Waals surface area (Å²) >= 11 is 0. The quantitative estimate of drug-likeness (QED) is 0.710. The van der Waals surface area contributed by atoms with E-state index in [2.05, 4.69) is 26.8 Å². The Morgan fingerprint density at radius 3 is 2.14 bits per heavy atom. The van der Waals surface area contributed by atoms with Gasteiger partial charge in [-0.2, -0.15) is 0 Å². The number of ketones is 2. The largest absolute Gasteiger partial charge is 0.289 e. The molecule has 2 nitrogen and oxygen atoms in total. The van der Waals surface area contributed by atoms with Crippen molar-refractivity contribution in [1.29, 1.82) is 0 Å². The fourth-order valence-electron chi connectivity index (χ4n) is 3.21. The molecule has 0 aromatic heterocycles. The van der Waals surface area contributed by atoms with E-state index < -0.39 is 0 Å². The smallest absolute Gasteiger partial charge is 0.194 e. The minimum Gasteiger partial charge on any atom is -0.289 e. The summed E-state index contributed by atoms with van der Waals surface area (Å²) in [4.78, 5) is 25.7. The van der Waals surface area contributed by atoms with Crippen molar-refractivity contribution in [2.24, 2.45) is 0 Å². The summed E-state index contributed by atoms with van der Waals surface area (Å²) in [5.74, 6) is 0.176. The molecule has 0 spiro atoms. The Morgan fingerprint density at radius 2 is 1.55 bits per heavy atom. The molecule has 0 bridgehead atoms. The first kappa shape index (κ1) is 14.7. The molecule has 0 saturated carbocycles. The minimum atomic E-state index is -0.0231. The Balaban J connectivity index is 2.29. The Kier molecular flexibility index (Phi) is 3.69. The van der Waals surface area contributed by atoms with Gasteiger partial charge in [0.25, 0.3) is 0 Å². The highest BCUT2D eigenvalue weighted by atomic mass is 16.1. The Labute approximate surface area is 131 Å². The molecule has 0 saturated heterocycles. The molecule has 0 unspecified atom stereocenters. The van der Waals surface area contributed by atoms with E-state index in [-0.39, 0.29) is 17.5 Å². The van der Waals surface area contributed by atoms with Crippen molar-refractivity contribution < 1.29 is 9.59 Å². The lowest BCUT2D eigenvalue weighted by atomic mass is 9.78. The van der Waals surface area contributed by atoms with Gasteiger partial charge in [0, 0.05) is 22.3 Å². The number of benzene rings is 2. The summed E-state index contributed by atoms with van der Waals surface area (Å²) in [6.07, 6.45) is 1.95. The summed E-state index contributed by atoms with van der Waals surface area (Å²) in [7, 11) is 0. The fraction of sp³-hybridized carbons (Fsp3) is 0.300. The molecule has 112 valence electrons. The van der Waals surface area contributed by atoms with Crippen molar-refractivity contribution in [1.82, 2.24) is 0 Å². The van der Waals surface area contributed by atoms with E-state index in [0.717, 1.165) is 24.0 Å². The topological polar surface area (TPSA) is 34.1 Å². The van der Waals surface area contributed by atoms with Gasteiger partial charge in [0.1, 0.15) is 0 Å². The van der Waals surface area contributed by atoms with E-state index >= 15 is 0 Å². The predicted molar refractivity (Wildman–Crippen MR) is 87.8 cm³/mol. The van der Waals surface area contributed by atoms with Crippen molar-refractivity contribution in [2.75, 3.05) is 0 Å². The number of hydrogen-bond donors (Lipinski definition) is 0. The maximum atomic E-state index is 12.9. The zero-order valence-electron chi connectivity index (χ0n) is 13.3. The molecule has 1 aliphatic carbocycles. The fourth-order valence-corrected chi connectivity index (χ4v) is 3.21. The van der Waals surface area contributed by atoms with Crippen LogP contribution >= 0.6 is 0 Å². The van der Waals surface area contributed by atoms with E-state index in [0.29, 0.717) is 22.3 Å². The standard InChI is InChI=1S/C20H20O2/c1-4-7-13-10-16(12(2)3)18-17(11-13)19(21)14-8-5-6-9-15(14)20(18)22/h5-6,8-12H,4,7H2,1-3H3. The number of carbonyl (C=O) groups excluding carboxylic acids is 2. The van der Waals surface area contributed by atoms with Crippen LogP contribution < -0.4 is 0 Å². The molecule has 0 radical (unpaired) electrons. The lowest BCUT2D eigenvalue weighted by molar-refractivity contribution is 0.0978. The highest BCUT2D eigenvalue weighted by Crippen LogP contribution is 2.33. The van der Waals surface area contributed by atoms with Crippen LogP contribution in [0, 0.1) is 0 Å². The molecule has 0 amide bonds. The van der Waals surface area contributed by atoms with Gasteiger partial charge in [-0.25, -0.2) is 0 Å². The van der Waals surface area contributed by atoms with Gasteiger partial charge in [-0.1, -0.05) is 57.5 Å². The highest BCUT2D eigenvalue weighted by Gasteiger charge is 2.32. The van der Waals surface area contributed by atoms with Crippen molar-refractivity contribution >= 4 is 11.6 Å². The van der Waals surface area contributed by atoms with Gasteiger partial charge in [-0.05, 0) is 29.5 Å². The average molecular weight is 292 g/mol. The molecular formula is C20H20O2. The van der Waals surface area contributed by atoms with Crippen molar-refractivity contribution in [3.05, 3.63) is 69.8 Å². The first-order chi connectivity index (χ1) is 10.5. The number of rotatable bonds is 3. The van der Waals surface area contributed by atoms with Crippen molar-refractivity contribution in [3.8, 4) is 0 Å². The van der Waals surface area contributed by atoms with Crippen LogP contribution in [-0.4, -0.2) is 11.6 Å². The molecule has 0 heterocycles. The molecule has 2 aromatic rings. The highest BCUT2D eigenvalue weighted by molar-refractivity contribution is 6.29. The van der Waals surface area contributed by atoms with E-state index in [1.54, 1.807) is 12.1 Å². The number of aryl methyl sites for hydroxylation is 1.